The van der Waals surface area contributed by atoms with Crippen LogP contribution in [0.15, 0.2) is 48.5 Å². The molecule has 4 heteroatoms. The van der Waals surface area contributed by atoms with Gasteiger partial charge in [0.15, 0.2) is 6.10 Å². The monoisotopic (exact) mass is 283 g/mol. The maximum absolute atomic E-state index is 12.2. The first-order chi connectivity index (χ1) is 10.3. The molecule has 0 aliphatic carbocycles. The van der Waals surface area contributed by atoms with Gasteiger partial charge in [-0.3, -0.25) is 4.79 Å². The Morgan fingerprint density at radius 2 is 2.14 bits per heavy atom. The molecule has 1 atom stereocenters. The number of fused-ring (bicyclic) bond motifs is 1. The molecule has 4 nitrogen and oxygen atoms in total. The number of carbonyl (C=O) groups excluding carboxylic acids is 1. The molecule has 0 fully saturated rings. The van der Waals surface area contributed by atoms with Gasteiger partial charge >= 0.3 is 0 Å². The van der Waals surface area contributed by atoms with E-state index in [1.807, 2.05) is 48.5 Å². The topological polar surface area (TPSA) is 47.6 Å². The standard InChI is InChI=1S/C17H17NO3/c1-20-14-7-4-5-12(9-14)11-18-17(19)16-10-13-6-2-3-8-15(13)21-16/h2-9,16H,10-11H2,1H3,(H,18,19). The van der Waals surface area contributed by atoms with Crippen molar-refractivity contribution in [1.29, 1.82) is 0 Å². The Hall–Kier alpha value is -2.49. The van der Waals surface area contributed by atoms with Crippen LogP contribution in [0.3, 0.4) is 0 Å². The van der Waals surface area contributed by atoms with Crippen LogP contribution in [0.1, 0.15) is 11.1 Å². The lowest BCUT2D eigenvalue weighted by Gasteiger charge is -2.11. The first-order valence-electron chi connectivity index (χ1n) is 6.91. The van der Waals surface area contributed by atoms with Gasteiger partial charge in [-0.1, -0.05) is 30.3 Å². The van der Waals surface area contributed by atoms with Crippen molar-refractivity contribution in [3.8, 4) is 11.5 Å². The van der Waals surface area contributed by atoms with Crippen molar-refractivity contribution in [3.63, 3.8) is 0 Å². The average molecular weight is 283 g/mol. The van der Waals surface area contributed by atoms with Gasteiger partial charge in [0.1, 0.15) is 11.5 Å². The van der Waals surface area contributed by atoms with Gasteiger partial charge in [-0.05, 0) is 29.3 Å². The minimum absolute atomic E-state index is 0.0889. The van der Waals surface area contributed by atoms with Crippen LogP contribution in [-0.2, 0) is 17.8 Å². The first-order valence-corrected chi connectivity index (χ1v) is 6.91. The molecule has 0 spiro atoms. The zero-order valence-corrected chi connectivity index (χ0v) is 11.8. The third-order valence-corrected chi connectivity index (χ3v) is 3.54. The third-order valence-electron chi connectivity index (χ3n) is 3.54. The fraction of sp³-hybridized carbons (Fsp3) is 0.235. The largest absolute Gasteiger partial charge is 0.497 e. The first kappa shape index (κ1) is 13.5. The molecule has 0 aromatic heterocycles. The molecule has 108 valence electrons. The highest BCUT2D eigenvalue weighted by molar-refractivity contribution is 5.82. The molecule has 0 radical (unpaired) electrons. The van der Waals surface area contributed by atoms with Gasteiger partial charge < -0.3 is 14.8 Å². The van der Waals surface area contributed by atoms with Crippen molar-refractivity contribution in [3.05, 3.63) is 59.7 Å². The van der Waals surface area contributed by atoms with Crippen LogP contribution in [0.2, 0.25) is 0 Å². The summed E-state index contributed by atoms with van der Waals surface area (Å²) in [5, 5.41) is 2.91. The SMILES string of the molecule is COc1cccc(CNC(=O)C2Cc3ccccc3O2)c1. The quantitative estimate of drug-likeness (QED) is 0.936. The van der Waals surface area contributed by atoms with Gasteiger partial charge in [0.25, 0.3) is 5.91 Å². The van der Waals surface area contributed by atoms with E-state index in [1.165, 1.54) is 0 Å². The van der Waals surface area contributed by atoms with Crippen LogP contribution >= 0.6 is 0 Å². The molecule has 1 unspecified atom stereocenters. The Bertz CT molecular complexity index is 629. The molecule has 1 N–H and O–H groups in total. The van der Waals surface area contributed by atoms with Crippen molar-refractivity contribution in [1.82, 2.24) is 5.32 Å². The van der Waals surface area contributed by atoms with E-state index in [9.17, 15) is 4.79 Å². The molecule has 1 aliphatic heterocycles. The van der Waals surface area contributed by atoms with E-state index in [0.29, 0.717) is 13.0 Å². The summed E-state index contributed by atoms with van der Waals surface area (Å²) in [4.78, 5) is 12.2. The van der Waals surface area contributed by atoms with Gasteiger partial charge in [0.05, 0.1) is 7.11 Å². The summed E-state index contributed by atoms with van der Waals surface area (Å²) >= 11 is 0. The van der Waals surface area contributed by atoms with Gasteiger partial charge in [-0.25, -0.2) is 0 Å². The molecule has 0 saturated heterocycles. The molecular formula is C17H17NO3. The lowest BCUT2D eigenvalue weighted by Crippen LogP contribution is -2.37. The maximum Gasteiger partial charge on any atom is 0.261 e. The molecule has 0 saturated carbocycles. The Kier molecular flexibility index (Phi) is 3.77. The summed E-state index contributed by atoms with van der Waals surface area (Å²) in [5.74, 6) is 1.50. The zero-order valence-electron chi connectivity index (χ0n) is 11.8. The van der Waals surface area contributed by atoms with Crippen molar-refractivity contribution < 1.29 is 14.3 Å². The predicted molar refractivity (Wildman–Crippen MR) is 79.4 cm³/mol. The summed E-state index contributed by atoms with van der Waals surface area (Å²) < 4.78 is 10.8. The fourth-order valence-electron chi connectivity index (χ4n) is 2.41. The lowest BCUT2D eigenvalue weighted by molar-refractivity contribution is -0.127. The van der Waals surface area contributed by atoms with E-state index in [4.69, 9.17) is 9.47 Å². The molecule has 1 amide bonds. The summed E-state index contributed by atoms with van der Waals surface area (Å²) in [6.07, 6.45) is 0.188. The molecular weight excluding hydrogens is 266 g/mol. The number of methoxy groups -OCH3 is 1. The van der Waals surface area contributed by atoms with Gasteiger partial charge in [-0.15, -0.1) is 0 Å². The van der Waals surface area contributed by atoms with Gasteiger partial charge in [-0.2, -0.15) is 0 Å². The molecule has 0 bridgehead atoms. The molecule has 21 heavy (non-hydrogen) atoms. The minimum Gasteiger partial charge on any atom is -0.497 e. The second kappa shape index (κ2) is 5.87. The van der Waals surface area contributed by atoms with Crippen molar-refractivity contribution in [2.24, 2.45) is 0 Å². The van der Waals surface area contributed by atoms with E-state index >= 15 is 0 Å². The van der Waals surface area contributed by atoms with Crippen molar-refractivity contribution >= 4 is 5.91 Å². The third kappa shape index (κ3) is 2.99. The highest BCUT2D eigenvalue weighted by atomic mass is 16.5. The summed E-state index contributed by atoms with van der Waals surface area (Å²) in [5.41, 5.74) is 2.08. The number of amides is 1. The Balaban J connectivity index is 1.58. The number of para-hydroxylation sites is 1. The fourth-order valence-corrected chi connectivity index (χ4v) is 2.41. The van der Waals surface area contributed by atoms with Gasteiger partial charge in [0.2, 0.25) is 0 Å². The van der Waals surface area contributed by atoms with E-state index in [-0.39, 0.29) is 5.91 Å². The van der Waals surface area contributed by atoms with Crippen LogP contribution in [0.5, 0.6) is 11.5 Å². The van der Waals surface area contributed by atoms with Crippen LogP contribution in [0, 0.1) is 0 Å². The number of ether oxygens (including phenoxy) is 2. The number of benzene rings is 2. The van der Waals surface area contributed by atoms with E-state index in [2.05, 4.69) is 5.32 Å². The molecule has 3 rings (SSSR count). The van der Waals surface area contributed by atoms with Gasteiger partial charge in [0, 0.05) is 13.0 Å². The Labute approximate surface area is 123 Å². The Morgan fingerprint density at radius 1 is 1.29 bits per heavy atom. The number of hydrogen-bond acceptors (Lipinski definition) is 3. The van der Waals surface area contributed by atoms with E-state index in [0.717, 1.165) is 22.6 Å². The normalized spacial score (nSPS) is 16.0. The van der Waals surface area contributed by atoms with E-state index in [1.54, 1.807) is 7.11 Å². The molecule has 1 heterocycles. The van der Waals surface area contributed by atoms with Crippen molar-refractivity contribution in [2.75, 3.05) is 7.11 Å². The van der Waals surface area contributed by atoms with Crippen LogP contribution in [-0.4, -0.2) is 19.1 Å². The Morgan fingerprint density at radius 3 is 2.95 bits per heavy atom. The smallest absolute Gasteiger partial charge is 0.261 e. The lowest BCUT2D eigenvalue weighted by atomic mass is 10.1. The second-order valence-electron chi connectivity index (χ2n) is 4.99. The number of rotatable bonds is 4. The highest BCUT2D eigenvalue weighted by Gasteiger charge is 2.28. The second-order valence-corrected chi connectivity index (χ2v) is 4.99. The zero-order chi connectivity index (χ0) is 14.7. The summed E-state index contributed by atoms with van der Waals surface area (Å²) in [6, 6.07) is 15.4. The highest BCUT2D eigenvalue weighted by Crippen LogP contribution is 2.28. The molecule has 2 aromatic carbocycles. The number of hydrogen-bond donors (Lipinski definition) is 1. The van der Waals surface area contributed by atoms with Crippen LogP contribution in [0.25, 0.3) is 0 Å². The predicted octanol–water partition coefficient (Wildman–Crippen LogP) is 2.32. The number of nitrogens with one attached hydrogen (secondary N) is 1. The van der Waals surface area contributed by atoms with Crippen LogP contribution < -0.4 is 14.8 Å². The summed E-state index contributed by atoms with van der Waals surface area (Å²) in [6.45, 7) is 0.465. The molecule has 1 aliphatic rings. The minimum atomic E-state index is -0.437. The maximum atomic E-state index is 12.2. The molecule has 2 aromatic rings. The summed E-state index contributed by atoms with van der Waals surface area (Å²) in [7, 11) is 1.63. The van der Waals surface area contributed by atoms with E-state index < -0.39 is 6.10 Å². The van der Waals surface area contributed by atoms with Crippen LogP contribution in [0.4, 0.5) is 0 Å². The average Bonchev–Trinajstić information content (AvgIpc) is 2.97. The van der Waals surface area contributed by atoms with Crippen molar-refractivity contribution in [2.45, 2.75) is 19.1 Å². The number of carbonyl (C=O) groups is 1.